The molecule has 2 aliphatic heterocycles. The molecule has 2 atom stereocenters. The molecule has 2 heterocycles. The van der Waals surface area contributed by atoms with Crippen LogP contribution in [-0.4, -0.2) is 27.9 Å². The fraction of sp³-hybridized carbons (Fsp3) is 1.00. The summed E-state index contributed by atoms with van der Waals surface area (Å²) >= 11 is 2.05. The molecule has 2 aliphatic rings. The van der Waals surface area contributed by atoms with E-state index < -0.39 is 0 Å². The summed E-state index contributed by atoms with van der Waals surface area (Å²) < 4.78 is 6.14. The van der Waals surface area contributed by atoms with Gasteiger partial charge in [0.25, 0.3) is 0 Å². The molecule has 2 unspecified atom stereocenters. The smallest absolute Gasteiger partial charge is 0.0964 e. The van der Waals surface area contributed by atoms with Crippen molar-refractivity contribution in [2.45, 2.75) is 62.4 Å². The van der Waals surface area contributed by atoms with Gasteiger partial charge in [-0.05, 0) is 27.7 Å². The van der Waals surface area contributed by atoms with Crippen LogP contribution in [0.25, 0.3) is 0 Å². The van der Waals surface area contributed by atoms with Gasteiger partial charge in [-0.15, -0.1) is 11.8 Å². The summed E-state index contributed by atoms with van der Waals surface area (Å²) in [4.78, 5) is 0.135. The second kappa shape index (κ2) is 2.89. The zero-order chi connectivity index (χ0) is 10.6. The lowest BCUT2D eigenvalue weighted by atomic mass is 9.93. The van der Waals surface area contributed by atoms with Crippen molar-refractivity contribution < 1.29 is 4.74 Å². The number of thioether (sulfide) groups is 1. The van der Waals surface area contributed by atoms with Gasteiger partial charge in [0.05, 0.1) is 16.1 Å². The first-order valence-corrected chi connectivity index (χ1v) is 6.27. The molecule has 0 radical (unpaired) electrons. The maximum Gasteiger partial charge on any atom is 0.0964 e. The van der Waals surface area contributed by atoms with Crippen molar-refractivity contribution in [1.29, 1.82) is 0 Å². The molecule has 3 heteroatoms. The monoisotopic (exact) mass is 215 g/mol. The van der Waals surface area contributed by atoms with Crippen LogP contribution in [-0.2, 0) is 4.74 Å². The van der Waals surface area contributed by atoms with Gasteiger partial charge in [-0.3, -0.25) is 5.32 Å². The molecule has 82 valence electrons. The highest BCUT2D eigenvalue weighted by atomic mass is 32.2. The van der Waals surface area contributed by atoms with Crippen molar-refractivity contribution in [3.05, 3.63) is 0 Å². The van der Waals surface area contributed by atoms with E-state index >= 15 is 0 Å². The van der Waals surface area contributed by atoms with Crippen LogP contribution in [0.4, 0.5) is 0 Å². The Morgan fingerprint density at radius 1 is 1.29 bits per heavy atom. The van der Waals surface area contributed by atoms with E-state index in [1.54, 1.807) is 0 Å². The largest absolute Gasteiger partial charge is 0.367 e. The number of hydrogen-bond donors (Lipinski definition) is 1. The maximum atomic E-state index is 6.14. The molecular weight excluding hydrogens is 194 g/mol. The van der Waals surface area contributed by atoms with Gasteiger partial charge in [0, 0.05) is 18.2 Å². The summed E-state index contributed by atoms with van der Waals surface area (Å²) in [6.07, 6.45) is 1.10. The Hall–Kier alpha value is 0.270. The molecule has 0 aromatic rings. The molecule has 2 rings (SSSR count). The molecule has 2 nitrogen and oxygen atoms in total. The van der Waals surface area contributed by atoms with Gasteiger partial charge in [0.1, 0.15) is 0 Å². The predicted molar refractivity (Wildman–Crippen MR) is 61.6 cm³/mol. The first-order valence-electron chi connectivity index (χ1n) is 5.39. The van der Waals surface area contributed by atoms with Gasteiger partial charge in [0.2, 0.25) is 0 Å². The predicted octanol–water partition coefficient (Wildman–Crippen LogP) is 2.39. The number of ether oxygens (including phenoxy) is 1. The normalized spacial score (nSPS) is 44.8. The van der Waals surface area contributed by atoms with Crippen molar-refractivity contribution in [3.63, 3.8) is 0 Å². The van der Waals surface area contributed by atoms with Crippen LogP contribution in [0.2, 0.25) is 0 Å². The third-order valence-electron chi connectivity index (χ3n) is 3.26. The van der Waals surface area contributed by atoms with E-state index in [1.165, 1.54) is 0 Å². The molecule has 2 fully saturated rings. The Kier molecular flexibility index (Phi) is 2.23. The molecule has 0 saturated carbocycles. The third kappa shape index (κ3) is 1.50. The Morgan fingerprint density at radius 2 is 1.93 bits per heavy atom. The van der Waals surface area contributed by atoms with Crippen LogP contribution < -0.4 is 5.32 Å². The first kappa shape index (κ1) is 10.8. The van der Waals surface area contributed by atoms with E-state index in [9.17, 15) is 0 Å². The van der Waals surface area contributed by atoms with Crippen LogP contribution in [0.3, 0.4) is 0 Å². The van der Waals surface area contributed by atoms with E-state index in [0.29, 0.717) is 5.25 Å². The lowest BCUT2D eigenvalue weighted by molar-refractivity contribution is -0.0723. The maximum absolute atomic E-state index is 6.14. The van der Waals surface area contributed by atoms with Gasteiger partial charge in [-0.1, -0.05) is 6.92 Å². The number of hydrogen-bond acceptors (Lipinski definition) is 3. The summed E-state index contributed by atoms with van der Waals surface area (Å²) in [5, 5.41) is 4.37. The summed E-state index contributed by atoms with van der Waals surface area (Å²) in [5.74, 6) is 0. The zero-order valence-corrected chi connectivity index (χ0v) is 10.6. The van der Waals surface area contributed by atoms with Crippen LogP contribution in [0.1, 0.15) is 41.0 Å². The summed E-state index contributed by atoms with van der Waals surface area (Å²) in [7, 11) is 0. The summed E-state index contributed by atoms with van der Waals surface area (Å²) in [6, 6.07) is 0. The molecule has 1 spiro atoms. The standard InChI is InChI=1S/C11H21NOS/c1-8-6-12-11(14-8)7-9(2,3)13-10(11,4)5/h8,12H,6-7H2,1-5H3. The fourth-order valence-electron chi connectivity index (χ4n) is 2.82. The highest BCUT2D eigenvalue weighted by Gasteiger charge is 2.59. The second-order valence-corrected chi connectivity index (χ2v) is 7.42. The first-order chi connectivity index (χ1) is 6.27. The zero-order valence-electron chi connectivity index (χ0n) is 9.81. The van der Waals surface area contributed by atoms with Crippen molar-refractivity contribution in [3.8, 4) is 0 Å². The van der Waals surface area contributed by atoms with Gasteiger partial charge >= 0.3 is 0 Å². The van der Waals surface area contributed by atoms with E-state index in [2.05, 4.69) is 39.9 Å². The topological polar surface area (TPSA) is 21.3 Å². The van der Waals surface area contributed by atoms with E-state index in [0.717, 1.165) is 13.0 Å². The fourth-order valence-corrected chi connectivity index (χ4v) is 4.59. The lowest BCUT2D eigenvalue weighted by Crippen LogP contribution is -2.51. The Bertz CT molecular complexity index is 252. The minimum absolute atomic E-state index is 0.00750. The Morgan fingerprint density at radius 3 is 2.29 bits per heavy atom. The lowest BCUT2D eigenvalue weighted by Gasteiger charge is -2.35. The third-order valence-corrected chi connectivity index (χ3v) is 5.01. The van der Waals surface area contributed by atoms with Gasteiger partial charge in [-0.25, -0.2) is 0 Å². The molecule has 0 aromatic heterocycles. The Labute approximate surface area is 91.2 Å². The highest BCUT2D eigenvalue weighted by Crippen LogP contribution is 2.54. The SMILES string of the molecule is CC1CNC2(CC(C)(C)OC2(C)C)S1. The van der Waals surface area contributed by atoms with E-state index in [1.807, 2.05) is 11.8 Å². The average Bonchev–Trinajstić information content (AvgIpc) is 2.35. The van der Waals surface area contributed by atoms with E-state index in [-0.39, 0.29) is 16.1 Å². The molecular formula is C11H21NOS. The van der Waals surface area contributed by atoms with Crippen LogP contribution in [0.15, 0.2) is 0 Å². The van der Waals surface area contributed by atoms with Crippen molar-refractivity contribution in [2.24, 2.45) is 0 Å². The van der Waals surface area contributed by atoms with Gasteiger partial charge in [0.15, 0.2) is 0 Å². The van der Waals surface area contributed by atoms with Crippen molar-refractivity contribution in [2.75, 3.05) is 6.54 Å². The molecule has 0 aliphatic carbocycles. The molecule has 0 amide bonds. The van der Waals surface area contributed by atoms with Gasteiger partial charge < -0.3 is 4.74 Å². The molecule has 1 N–H and O–H groups in total. The summed E-state index contributed by atoms with van der Waals surface area (Å²) in [5.41, 5.74) is -0.0561. The van der Waals surface area contributed by atoms with Crippen molar-refractivity contribution >= 4 is 11.8 Å². The molecule has 0 aromatic carbocycles. The molecule has 2 saturated heterocycles. The second-order valence-electron chi connectivity index (χ2n) is 5.69. The van der Waals surface area contributed by atoms with Crippen LogP contribution in [0.5, 0.6) is 0 Å². The molecule has 14 heavy (non-hydrogen) atoms. The quantitative estimate of drug-likeness (QED) is 0.670. The number of nitrogens with one attached hydrogen (secondary N) is 1. The Balaban J connectivity index is 2.27. The van der Waals surface area contributed by atoms with Crippen molar-refractivity contribution in [1.82, 2.24) is 5.32 Å². The number of rotatable bonds is 0. The summed E-state index contributed by atoms with van der Waals surface area (Å²) in [6.45, 7) is 12.2. The highest BCUT2D eigenvalue weighted by molar-refractivity contribution is 8.01. The minimum Gasteiger partial charge on any atom is -0.367 e. The molecule has 0 bridgehead atoms. The van der Waals surface area contributed by atoms with Crippen LogP contribution >= 0.6 is 11.8 Å². The minimum atomic E-state index is -0.0636. The van der Waals surface area contributed by atoms with E-state index in [4.69, 9.17) is 4.74 Å². The van der Waals surface area contributed by atoms with Crippen LogP contribution in [0, 0.1) is 0 Å². The average molecular weight is 215 g/mol. The van der Waals surface area contributed by atoms with Gasteiger partial charge in [-0.2, -0.15) is 0 Å².